The molecule has 123 heavy (non-hydrogen) atoms. The van der Waals surface area contributed by atoms with E-state index in [-0.39, 0.29) is 144 Å². The zero-order chi connectivity index (χ0) is 96.9. The van der Waals surface area contributed by atoms with Gasteiger partial charge < -0.3 is 117 Å². The third kappa shape index (κ3) is 42.8. The Bertz CT molecular complexity index is 4070. The molecule has 25 N–H and O–H groups in total. The molecule has 38 nitrogen and oxygen atoms in total. The molecule has 6 unspecified atom stereocenters. The maximum Gasteiger partial charge on any atom is 0.326 e. The van der Waals surface area contributed by atoms with Gasteiger partial charge in [-0.25, -0.2) is 19.2 Å². The molecule has 0 bridgehead atoms. The summed E-state index contributed by atoms with van der Waals surface area (Å²) in [6.45, 7) is 45.5. The topological polar surface area (TPSA) is 672 Å². The molecule has 9 amide bonds. The zero-order valence-corrected chi connectivity index (χ0v) is 76.0. The minimum atomic E-state index is -1.33. The van der Waals surface area contributed by atoms with Crippen molar-refractivity contribution in [1.29, 1.82) is 0 Å². The van der Waals surface area contributed by atoms with E-state index in [1.807, 2.05) is 69.2 Å². The molecule has 5 rings (SSSR count). The molecular weight excluding hydrogens is 1600 g/mol. The average molecular weight is 1740 g/mol. The molecule has 0 spiro atoms. The number of fused-ring (bicyclic) bond motifs is 1. The lowest BCUT2D eigenvalue weighted by molar-refractivity contribution is -0.142. The number of carbonyl (C=O) groups excluding carboxylic acids is 12. The van der Waals surface area contributed by atoms with Crippen LogP contribution in [0.25, 0.3) is 0 Å². The fraction of sp³-hybridized carbons (Fsp3) is 0.576. The number of ketones is 3. The Balaban J connectivity index is -0.000000459. The van der Waals surface area contributed by atoms with Crippen LogP contribution in [0.2, 0.25) is 0 Å². The van der Waals surface area contributed by atoms with Crippen LogP contribution in [0.1, 0.15) is 282 Å². The Hall–Kier alpha value is -11.3. The van der Waals surface area contributed by atoms with Gasteiger partial charge in [-0.2, -0.15) is 0 Å². The van der Waals surface area contributed by atoms with Crippen LogP contribution in [0.15, 0.2) is 0 Å². The van der Waals surface area contributed by atoms with Gasteiger partial charge in [-0.1, -0.05) is 27.7 Å². The molecule has 0 aliphatic carbocycles. The molecule has 0 radical (unpaired) electrons. The molecule has 694 valence electrons. The van der Waals surface area contributed by atoms with Gasteiger partial charge >= 0.3 is 35.8 Å². The van der Waals surface area contributed by atoms with E-state index in [1.165, 1.54) is 20.8 Å². The third-order valence-corrected chi connectivity index (χ3v) is 18.7. The molecule has 0 aromatic heterocycles. The van der Waals surface area contributed by atoms with Crippen LogP contribution in [0.5, 0.6) is 0 Å². The number of hydrogen-bond donors (Lipinski definition) is 19. The van der Waals surface area contributed by atoms with Crippen LogP contribution < -0.4 is 71.6 Å². The second-order valence-corrected chi connectivity index (χ2v) is 28.3. The van der Waals surface area contributed by atoms with E-state index < -0.39 is 95.7 Å². The Kier molecular flexibility index (Phi) is 62.2. The Morgan fingerprint density at radius 3 is 0.870 bits per heavy atom. The number of aliphatic carboxylic acids is 6. The summed E-state index contributed by atoms with van der Waals surface area (Å²) in [5.74, 6) is -11.0. The number of nitrogens with one attached hydrogen (secondary N) is 7. The minimum absolute atomic E-state index is 0.000389. The third-order valence-electron chi connectivity index (χ3n) is 18.7. The van der Waals surface area contributed by atoms with Crippen molar-refractivity contribution in [3.63, 3.8) is 0 Å². The second-order valence-electron chi connectivity index (χ2n) is 28.3. The van der Waals surface area contributed by atoms with Gasteiger partial charge in [0.1, 0.15) is 53.6 Å². The highest BCUT2D eigenvalue weighted by Gasteiger charge is 2.45. The Morgan fingerprint density at radius 2 is 0.626 bits per heavy atom. The summed E-state index contributed by atoms with van der Waals surface area (Å²) < 4.78 is 0. The standard InChI is InChI=1S/C21H31N3O5.C20H28N2O5.C18H21NO5.C7H14N2O3.C6H11NO3.C5H7NO3.4C2H7N/c1-7-22-16(25)10-9-15(21(28)29)24-20(27)18-14(6)12(4)11(3)13(5)17(18)19(26)23-8-2;1-7-21-18(24)16-13(5)11(3)12(4)14(6)17(16)19(25)22-15(20(26)27)9-8-10(2)23;1-8(20)6-7-13(18(23)24)19-16(21)14-11(4)9(2)10(3)12(5)15(14)17(19)22;1-2-9-6(10)4-3-5(8)7(11)12;1-4(8)2-3-5(7)6(9)10;7-4-2-1-3(6-4)5(8)9;4*1-2-3/h15H,7-10H2,1-6H3,(H,22,25)(H,23,26)(H,24,27)(H,28,29);15H,7-9H2,1-6H3,(H,21,24)(H,22,25)(H,26,27);13H,6-7H2,1-5H3,(H,23,24);5H,2-4,8H2,1H3,(H,9,10)(H,11,12);5H,2-3,7H2,1H3,(H,9,10);3H,1-2H2,(H,6,7)(H,8,9);4*2-3H2,1H3. The lowest BCUT2D eigenvalue weighted by Crippen LogP contribution is -2.45. The smallest absolute Gasteiger partial charge is 0.326 e. The van der Waals surface area contributed by atoms with Crippen molar-refractivity contribution in [1.82, 2.24) is 42.1 Å². The first-order valence-corrected chi connectivity index (χ1v) is 40.5. The van der Waals surface area contributed by atoms with Gasteiger partial charge in [0, 0.05) is 64.7 Å². The van der Waals surface area contributed by atoms with Crippen molar-refractivity contribution in [2.75, 3.05) is 52.4 Å². The number of amides is 9. The van der Waals surface area contributed by atoms with Crippen molar-refractivity contribution < 1.29 is 117 Å². The SMILES string of the molecule is CC(=O)CCC(C(=O)O)N1C(=O)c2c(C)c(C)c(C)c(C)c2C1=O.CC(=O)CCC(N)C(=O)O.CCN.CCN.CCN.CCN.CCNC(=O)CCC(N)C(=O)O.CCNC(=O)CCC(NC(=O)c1c(C)c(C)c(C)c(C)c1C(=O)NCC)C(=O)O.CCNC(=O)c1c(C)c(C)c(C)c(C)c1C(=O)NC(CCC(C)=O)C(=O)O.O=C1CCC(C(=O)O)N1. The highest BCUT2D eigenvalue weighted by Crippen LogP contribution is 2.36. The van der Waals surface area contributed by atoms with E-state index in [0.29, 0.717) is 72.4 Å². The summed E-state index contributed by atoms with van der Waals surface area (Å²) in [4.78, 5) is 208. The molecule has 38 heteroatoms. The largest absolute Gasteiger partial charge is 0.480 e. The number of carboxylic acids is 6. The number of benzene rings is 3. The van der Waals surface area contributed by atoms with Crippen LogP contribution in [0.4, 0.5) is 0 Å². The molecule has 0 saturated carbocycles. The average Bonchev–Trinajstić information content (AvgIpc) is 1.60. The number of hydrogen-bond acceptors (Lipinski definition) is 24. The van der Waals surface area contributed by atoms with Gasteiger partial charge in [-0.05, 0) is 263 Å². The van der Waals surface area contributed by atoms with Gasteiger partial charge in [0.25, 0.3) is 35.4 Å². The van der Waals surface area contributed by atoms with Gasteiger partial charge in [0.15, 0.2) is 0 Å². The number of nitrogens with zero attached hydrogens (tertiary/aromatic N) is 1. The first-order valence-electron chi connectivity index (χ1n) is 40.5. The molecular formula is C85H140N14O24. The highest BCUT2D eigenvalue weighted by atomic mass is 16.4. The monoisotopic (exact) mass is 1740 g/mol. The molecule has 2 heterocycles. The van der Waals surface area contributed by atoms with Crippen LogP contribution in [0, 0.1) is 83.1 Å². The van der Waals surface area contributed by atoms with Crippen molar-refractivity contribution >= 4 is 106 Å². The molecule has 3 aromatic carbocycles. The number of imide groups is 1. The minimum Gasteiger partial charge on any atom is -0.480 e. The van der Waals surface area contributed by atoms with Gasteiger partial charge in [-0.3, -0.25) is 57.6 Å². The first-order chi connectivity index (χ1) is 57.1. The van der Waals surface area contributed by atoms with Crippen LogP contribution in [0.3, 0.4) is 0 Å². The number of carbonyl (C=O) groups is 18. The van der Waals surface area contributed by atoms with Crippen molar-refractivity contribution in [3.8, 4) is 0 Å². The second kappa shape index (κ2) is 63.6. The Morgan fingerprint density at radius 1 is 0.366 bits per heavy atom. The van der Waals surface area contributed by atoms with Gasteiger partial charge in [0.2, 0.25) is 17.7 Å². The van der Waals surface area contributed by atoms with Crippen LogP contribution >= 0.6 is 0 Å². The molecule has 2 aliphatic heterocycles. The van der Waals surface area contributed by atoms with Crippen LogP contribution in [-0.2, 0) is 57.5 Å². The van der Waals surface area contributed by atoms with E-state index in [1.54, 1.807) is 69.2 Å². The maximum absolute atomic E-state index is 13.0. The number of carboxylic acid groups (broad SMARTS) is 6. The molecule has 1 fully saturated rings. The molecule has 3 aromatic rings. The van der Waals surface area contributed by atoms with E-state index in [2.05, 4.69) is 37.2 Å². The van der Waals surface area contributed by atoms with Crippen molar-refractivity contribution in [2.24, 2.45) is 34.4 Å². The normalized spacial score (nSPS) is 12.8. The number of nitrogens with two attached hydrogens (primary N) is 6. The summed E-state index contributed by atoms with van der Waals surface area (Å²) in [5, 5.41) is 71.1. The summed E-state index contributed by atoms with van der Waals surface area (Å²) in [5.41, 5.74) is 40.5. The predicted octanol–water partition coefficient (Wildman–Crippen LogP) is 4.62. The highest BCUT2D eigenvalue weighted by molar-refractivity contribution is 6.24. The fourth-order valence-electron chi connectivity index (χ4n) is 11.3. The predicted molar refractivity (Wildman–Crippen MR) is 466 cm³/mol. The maximum atomic E-state index is 13.0. The van der Waals surface area contributed by atoms with E-state index >= 15 is 0 Å². The lowest BCUT2D eigenvalue weighted by atomic mass is 9.87. The zero-order valence-electron chi connectivity index (χ0n) is 76.0. The summed E-state index contributed by atoms with van der Waals surface area (Å²) in [7, 11) is 0. The van der Waals surface area contributed by atoms with Gasteiger partial charge in [-0.15, -0.1) is 0 Å². The van der Waals surface area contributed by atoms with E-state index in [9.17, 15) is 102 Å². The summed E-state index contributed by atoms with van der Waals surface area (Å²) in [6.07, 6.45) is 1.48. The summed E-state index contributed by atoms with van der Waals surface area (Å²) in [6, 6.07) is -6.26. The number of rotatable bonds is 32. The van der Waals surface area contributed by atoms with Gasteiger partial charge in [0.05, 0.1) is 33.4 Å². The van der Waals surface area contributed by atoms with E-state index in [0.717, 1.165) is 64.5 Å². The van der Waals surface area contributed by atoms with Crippen LogP contribution in [-0.4, -0.2) is 230 Å². The molecule has 2 aliphatic rings. The molecule has 6 atom stereocenters. The summed E-state index contributed by atoms with van der Waals surface area (Å²) >= 11 is 0. The van der Waals surface area contributed by atoms with E-state index in [4.69, 9.17) is 49.7 Å². The fourth-order valence-corrected chi connectivity index (χ4v) is 11.3. The van der Waals surface area contributed by atoms with Crippen molar-refractivity contribution in [3.05, 3.63) is 100 Å². The molecule has 1 saturated heterocycles. The quantitative estimate of drug-likeness (QED) is 0.0379. The Labute approximate surface area is 721 Å². The lowest BCUT2D eigenvalue weighted by Gasteiger charge is -2.22. The number of Topliss-reactive ketones (excluding diaryl/α,β-unsaturated/α-hetero) is 3. The van der Waals surface area contributed by atoms with Crippen molar-refractivity contribution in [2.45, 2.75) is 273 Å². The first kappa shape index (κ1) is 120.